The number of urea groups is 1. The van der Waals surface area contributed by atoms with Gasteiger partial charge in [-0.15, -0.1) is 11.6 Å². The first-order valence-electron chi connectivity index (χ1n) is 7.96. The quantitative estimate of drug-likeness (QED) is 0.748. The van der Waals surface area contributed by atoms with Crippen LogP contribution in [-0.2, 0) is 0 Å². The monoisotopic (exact) mass is 308 g/mol. The first kappa shape index (κ1) is 16.2. The maximum Gasteiger partial charge on any atom is 0.319 e. The molecular weight excluding hydrogens is 284 g/mol. The third kappa shape index (κ3) is 4.92. The van der Waals surface area contributed by atoms with Crippen LogP contribution in [0.2, 0.25) is 0 Å². The van der Waals surface area contributed by atoms with E-state index in [9.17, 15) is 4.79 Å². The Balaban J connectivity index is 1.88. The number of carbonyl (C=O) groups excluding carboxylic acids is 1. The Morgan fingerprint density at radius 2 is 1.90 bits per heavy atom. The highest BCUT2D eigenvalue weighted by Gasteiger charge is 2.15. The lowest BCUT2D eigenvalue weighted by molar-refractivity contribution is 0.249. The Hall–Kier alpha value is -1.22. The number of hydrogen-bond donors (Lipinski definition) is 2. The highest BCUT2D eigenvalue weighted by Crippen LogP contribution is 2.32. The van der Waals surface area contributed by atoms with E-state index in [0.717, 1.165) is 12.1 Å². The van der Waals surface area contributed by atoms with E-state index in [1.807, 2.05) is 19.1 Å². The molecule has 0 unspecified atom stereocenters. The van der Waals surface area contributed by atoms with Gasteiger partial charge in [0.15, 0.2) is 0 Å². The van der Waals surface area contributed by atoms with E-state index in [4.69, 9.17) is 11.6 Å². The van der Waals surface area contributed by atoms with Crippen LogP contribution in [-0.4, -0.2) is 18.0 Å². The smallest absolute Gasteiger partial charge is 0.319 e. The molecule has 2 rings (SSSR count). The summed E-state index contributed by atoms with van der Waals surface area (Å²) in [6.07, 6.45) is 7.46. The zero-order chi connectivity index (χ0) is 15.1. The molecule has 1 aliphatic rings. The van der Waals surface area contributed by atoms with Crippen LogP contribution in [0, 0.1) is 0 Å². The minimum absolute atomic E-state index is 0.0215. The lowest BCUT2D eigenvalue weighted by atomic mass is 9.84. The Kier molecular flexibility index (Phi) is 6.37. The second-order valence-corrected chi connectivity index (χ2v) is 6.12. The maximum absolute atomic E-state index is 11.8. The predicted octanol–water partition coefficient (Wildman–Crippen LogP) is 4.87. The van der Waals surface area contributed by atoms with Gasteiger partial charge in [-0.1, -0.05) is 38.3 Å². The minimum Gasteiger partial charge on any atom is -0.334 e. The van der Waals surface area contributed by atoms with Crippen molar-refractivity contribution >= 4 is 23.3 Å². The summed E-state index contributed by atoms with van der Waals surface area (Å²) < 4.78 is 0. The SMILES string of the molecule is CC[C@@H](CCl)NC(=O)Nc1ccc(C2CCCCC2)cc1. The lowest BCUT2D eigenvalue weighted by Crippen LogP contribution is -2.38. The van der Waals surface area contributed by atoms with E-state index in [0.29, 0.717) is 11.8 Å². The van der Waals surface area contributed by atoms with Gasteiger partial charge in [-0.2, -0.15) is 0 Å². The van der Waals surface area contributed by atoms with Gasteiger partial charge in [0, 0.05) is 17.6 Å². The van der Waals surface area contributed by atoms with Crippen molar-refractivity contribution in [2.24, 2.45) is 0 Å². The highest BCUT2D eigenvalue weighted by molar-refractivity contribution is 6.18. The van der Waals surface area contributed by atoms with Crippen LogP contribution in [0.1, 0.15) is 56.9 Å². The number of halogens is 1. The molecule has 2 N–H and O–H groups in total. The summed E-state index contributed by atoms with van der Waals surface area (Å²) in [5.74, 6) is 1.13. The van der Waals surface area contributed by atoms with Gasteiger partial charge in [-0.3, -0.25) is 0 Å². The molecule has 0 aromatic heterocycles. The average Bonchev–Trinajstić information content (AvgIpc) is 2.54. The Morgan fingerprint density at radius 1 is 1.24 bits per heavy atom. The molecule has 1 aromatic rings. The number of alkyl halides is 1. The molecule has 116 valence electrons. The predicted molar refractivity (Wildman–Crippen MR) is 89.2 cm³/mol. The summed E-state index contributed by atoms with van der Waals surface area (Å²) in [7, 11) is 0. The molecule has 21 heavy (non-hydrogen) atoms. The number of rotatable bonds is 5. The van der Waals surface area contributed by atoms with Gasteiger partial charge in [-0.05, 0) is 42.9 Å². The molecule has 0 radical (unpaired) electrons. The van der Waals surface area contributed by atoms with E-state index < -0.39 is 0 Å². The van der Waals surface area contributed by atoms with Crippen LogP contribution in [0.4, 0.5) is 10.5 Å². The molecular formula is C17H25ClN2O. The fraction of sp³-hybridized carbons (Fsp3) is 0.588. The zero-order valence-electron chi connectivity index (χ0n) is 12.7. The third-order valence-electron chi connectivity index (χ3n) is 4.26. The summed E-state index contributed by atoms with van der Waals surface area (Å²) in [4.78, 5) is 11.8. The van der Waals surface area contributed by atoms with Gasteiger partial charge in [0.2, 0.25) is 0 Å². The number of hydrogen-bond acceptors (Lipinski definition) is 1. The van der Waals surface area contributed by atoms with Gasteiger partial charge in [0.1, 0.15) is 0 Å². The van der Waals surface area contributed by atoms with Gasteiger partial charge < -0.3 is 10.6 Å². The molecule has 1 aromatic carbocycles. The lowest BCUT2D eigenvalue weighted by Gasteiger charge is -2.22. The van der Waals surface area contributed by atoms with Crippen LogP contribution >= 0.6 is 11.6 Å². The van der Waals surface area contributed by atoms with Crippen molar-refractivity contribution in [2.45, 2.75) is 57.4 Å². The standard InChI is InChI=1S/C17H25ClN2O/c1-2-15(12-18)19-17(21)20-16-10-8-14(9-11-16)13-6-4-3-5-7-13/h8-11,13,15H,2-7,12H2,1H3,(H2,19,20,21)/t15-/m0/s1. The number of carbonyl (C=O) groups is 1. The van der Waals surface area contributed by atoms with Crippen molar-refractivity contribution in [3.05, 3.63) is 29.8 Å². The highest BCUT2D eigenvalue weighted by atomic mass is 35.5. The third-order valence-corrected chi connectivity index (χ3v) is 4.63. The number of amides is 2. The fourth-order valence-corrected chi connectivity index (χ4v) is 3.17. The molecule has 3 nitrogen and oxygen atoms in total. The first-order chi connectivity index (χ1) is 10.2. The number of benzene rings is 1. The summed E-state index contributed by atoms with van der Waals surface area (Å²) >= 11 is 5.78. The molecule has 2 amide bonds. The molecule has 0 spiro atoms. The zero-order valence-corrected chi connectivity index (χ0v) is 13.5. The van der Waals surface area contributed by atoms with Crippen LogP contribution in [0.5, 0.6) is 0 Å². The van der Waals surface area contributed by atoms with Crippen LogP contribution in [0.15, 0.2) is 24.3 Å². The second-order valence-electron chi connectivity index (χ2n) is 5.81. The van der Waals surface area contributed by atoms with Crippen molar-refractivity contribution in [1.29, 1.82) is 0 Å². The summed E-state index contributed by atoms with van der Waals surface area (Å²) in [6, 6.07) is 8.10. The summed E-state index contributed by atoms with van der Waals surface area (Å²) in [6.45, 7) is 2.01. The Morgan fingerprint density at radius 3 is 2.48 bits per heavy atom. The molecule has 1 saturated carbocycles. The molecule has 1 aliphatic carbocycles. The molecule has 0 aliphatic heterocycles. The number of nitrogens with one attached hydrogen (secondary N) is 2. The molecule has 0 heterocycles. The summed E-state index contributed by atoms with van der Waals surface area (Å²) in [5.41, 5.74) is 2.23. The van der Waals surface area contributed by atoms with E-state index in [1.54, 1.807) is 0 Å². The van der Waals surface area contributed by atoms with Crippen LogP contribution < -0.4 is 10.6 Å². The van der Waals surface area contributed by atoms with Crippen molar-refractivity contribution in [1.82, 2.24) is 5.32 Å². The van der Waals surface area contributed by atoms with E-state index in [-0.39, 0.29) is 12.1 Å². The van der Waals surface area contributed by atoms with Crippen molar-refractivity contribution in [2.75, 3.05) is 11.2 Å². The minimum atomic E-state index is -0.187. The van der Waals surface area contributed by atoms with Gasteiger partial charge >= 0.3 is 6.03 Å². The van der Waals surface area contributed by atoms with Crippen molar-refractivity contribution in [3.8, 4) is 0 Å². The Bertz CT molecular complexity index is 437. The van der Waals surface area contributed by atoms with Gasteiger partial charge in [-0.25, -0.2) is 4.79 Å². The van der Waals surface area contributed by atoms with Crippen LogP contribution in [0.3, 0.4) is 0 Å². The fourth-order valence-electron chi connectivity index (χ4n) is 2.88. The van der Waals surface area contributed by atoms with Crippen molar-refractivity contribution in [3.63, 3.8) is 0 Å². The second kappa shape index (κ2) is 8.28. The first-order valence-corrected chi connectivity index (χ1v) is 8.49. The molecule has 4 heteroatoms. The normalized spacial score (nSPS) is 17.2. The molecule has 1 fully saturated rings. The average molecular weight is 309 g/mol. The van der Waals surface area contributed by atoms with E-state index >= 15 is 0 Å². The van der Waals surface area contributed by atoms with Gasteiger partial charge in [0.05, 0.1) is 0 Å². The van der Waals surface area contributed by atoms with E-state index in [1.165, 1.54) is 37.7 Å². The Labute approximate surface area is 132 Å². The largest absolute Gasteiger partial charge is 0.334 e. The van der Waals surface area contributed by atoms with Gasteiger partial charge in [0.25, 0.3) is 0 Å². The summed E-state index contributed by atoms with van der Waals surface area (Å²) in [5, 5.41) is 5.72. The maximum atomic E-state index is 11.8. The molecule has 0 bridgehead atoms. The van der Waals surface area contributed by atoms with Crippen molar-refractivity contribution < 1.29 is 4.79 Å². The van der Waals surface area contributed by atoms with E-state index in [2.05, 4.69) is 22.8 Å². The molecule has 1 atom stereocenters. The van der Waals surface area contributed by atoms with Crippen LogP contribution in [0.25, 0.3) is 0 Å². The molecule has 0 saturated heterocycles. The number of anilines is 1. The topological polar surface area (TPSA) is 41.1 Å².